The Balaban J connectivity index is 2.39. The summed E-state index contributed by atoms with van der Waals surface area (Å²) in [5, 5.41) is 5.16. The van der Waals surface area contributed by atoms with Gasteiger partial charge >= 0.3 is 0 Å². The topological polar surface area (TPSA) is 62.1 Å². The van der Waals surface area contributed by atoms with Crippen molar-refractivity contribution in [1.29, 1.82) is 0 Å². The molecule has 0 spiro atoms. The Hall–Kier alpha value is -1.52. The van der Waals surface area contributed by atoms with E-state index in [1.54, 1.807) is 6.92 Å². The zero-order chi connectivity index (χ0) is 8.72. The van der Waals surface area contributed by atoms with Crippen LogP contribution in [0.1, 0.15) is 19.8 Å². The molecule has 2 rings (SSSR count). The first-order valence-electron chi connectivity index (χ1n) is 3.64. The second kappa shape index (κ2) is 2.23. The fourth-order valence-corrected chi connectivity index (χ4v) is 1.24. The molecule has 0 radical (unpaired) electrons. The molecule has 0 unspecified atom stereocenters. The highest BCUT2D eigenvalue weighted by atomic mass is 16.2. The van der Waals surface area contributed by atoms with Crippen molar-refractivity contribution in [2.75, 3.05) is 0 Å². The van der Waals surface area contributed by atoms with Crippen molar-refractivity contribution in [3.8, 4) is 0 Å². The molecular formula is C7H7N3O2. The highest BCUT2D eigenvalue weighted by Gasteiger charge is 2.31. The van der Waals surface area contributed by atoms with Gasteiger partial charge in [-0.2, -0.15) is 15.1 Å². The second-order valence-electron chi connectivity index (χ2n) is 2.82. The molecule has 0 aromatic heterocycles. The van der Waals surface area contributed by atoms with Gasteiger partial charge in [-0.05, 0) is 6.92 Å². The Morgan fingerprint density at radius 1 is 1.33 bits per heavy atom. The maximum Gasteiger partial charge on any atom is 0.258 e. The molecule has 0 saturated heterocycles. The normalized spacial score (nSPS) is 22.2. The van der Waals surface area contributed by atoms with Crippen molar-refractivity contribution in [3.05, 3.63) is 0 Å². The summed E-state index contributed by atoms with van der Waals surface area (Å²) in [6, 6.07) is 0. The molecule has 2 amide bonds. The summed E-state index contributed by atoms with van der Waals surface area (Å²) in [4.78, 5) is 25.7. The number of amidine groups is 1. The average Bonchev–Trinajstić information content (AvgIpc) is 2.29. The van der Waals surface area contributed by atoms with Crippen LogP contribution >= 0.6 is 0 Å². The van der Waals surface area contributed by atoms with E-state index in [0.29, 0.717) is 12.3 Å². The lowest BCUT2D eigenvalue weighted by Gasteiger charge is -2.15. The van der Waals surface area contributed by atoms with Crippen molar-refractivity contribution in [3.63, 3.8) is 0 Å². The fourth-order valence-electron chi connectivity index (χ4n) is 1.24. The third-order valence-electron chi connectivity index (χ3n) is 1.72. The number of fused-ring (bicyclic) bond motifs is 1. The first-order valence-corrected chi connectivity index (χ1v) is 3.64. The number of carbonyl (C=O) groups is 2. The maximum absolute atomic E-state index is 11.1. The summed E-state index contributed by atoms with van der Waals surface area (Å²) in [5.74, 6) is -0.174. The standard InChI is InChI=1S/C7H7N3O2/c1-4-2-5-8-6(11)3-7(12)10(5)9-4/h2-3H2,1H3. The summed E-state index contributed by atoms with van der Waals surface area (Å²) in [6.07, 6.45) is 0.359. The fraction of sp³-hybridized carbons (Fsp3) is 0.429. The van der Waals surface area contributed by atoms with E-state index in [-0.39, 0.29) is 18.2 Å². The van der Waals surface area contributed by atoms with Crippen molar-refractivity contribution >= 4 is 23.4 Å². The van der Waals surface area contributed by atoms with Crippen LogP contribution in [0.4, 0.5) is 0 Å². The lowest BCUT2D eigenvalue weighted by atomic mass is 10.2. The van der Waals surface area contributed by atoms with E-state index in [1.807, 2.05) is 0 Å². The molecule has 12 heavy (non-hydrogen) atoms. The molecule has 0 aromatic carbocycles. The second-order valence-corrected chi connectivity index (χ2v) is 2.82. The molecule has 0 bridgehead atoms. The smallest absolute Gasteiger partial charge is 0.258 e. The number of hydrazone groups is 1. The molecule has 0 aromatic rings. The monoisotopic (exact) mass is 165 g/mol. The van der Waals surface area contributed by atoms with Crippen LogP contribution in [0.2, 0.25) is 0 Å². The van der Waals surface area contributed by atoms with Crippen LogP contribution < -0.4 is 0 Å². The zero-order valence-electron chi connectivity index (χ0n) is 6.57. The first-order chi connectivity index (χ1) is 5.66. The molecule has 62 valence electrons. The number of amides is 2. The summed E-state index contributed by atoms with van der Waals surface area (Å²) in [5.41, 5.74) is 0.816. The van der Waals surface area contributed by atoms with Gasteiger partial charge < -0.3 is 0 Å². The summed E-state index contributed by atoms with van der Waals surface area (Å²) in [7, 11) is 0. The van der Waals surface area contributed by atoms with Crippen molar-refractivity contribution in [2.45, 2.75) is 19.8 Å². The number of aliphatic imine (C=N–C) groups is 1. The molecule has 0 aliphatic carbocycles. The number of carbonyl (C=O) groups excluding carboxylic acids is 2. The average molecular weight is 165 g/mol. The minimum Gasteiger partial charge on any atom is -0.272 e. The van der Waals surface area contributed by atoms with Crippen molar-refractivity contribution in [2.24, 2.45) is 10.1 Å². The van der Waals surface area contributed by atoms with Crippen LogP contribution in [-0.4, -0.2) is 28.4 Å². The first kappa shape index (κ1) is 7.15. The molecule has 0 fully saturated rings. The quantitative estimate of drug-likeness (QED) is 0.471. The molecule has 2 aliphatic heterocycles. The summed E-state index contributed by atoms with van der Waals surface area (Å²) >= 11 is 0. The number of rotatable bonds is 0. The minimum atomic E-state index is -0.365. The van der Waals surface area contributed by atoms with Gasteiger partial charge in [-0.15, -0.1) is 0 Å². The van der Waals surface area contributed by atoms with Gasteiger partial charge in [-0.25, -0.2) is 0 Å². The highest BCUT2D eigenvalue weighted by molar-refractivity contribution is 6.20. The lowest BCUT2D eigenvalue weighted by Crippen LogP contribution is -2.34. The number of hydrogen-bond acceptors (Lipinski definition) is 3. The van der Waals surface area contributed by atoms with Crippen molar-refractivity contribution in [1.82, 2.24) is 5.01 Å². The van der Waals surface area contributed by atoms with Crippen LogP contribution in [0.25, 0.3) is 0 Å². The zero-order valence-corrected chi connectivity index (χ0v) is 6.57. The van der Waals surface area contributed by atoms with Gasteiger partial charge in [0.25, 0.3) is 11.8 Å². The molecule has 5 heteroatoms. The molecule has 0 saturated carbocycles. The number of nitrogens with zero attached hydrogens (tertiary/aromatic N) is 3. The maximum atomic E-state index is 11.1. The van der Waals surface area contributed by atoms with Gasteiger partial charge in [0, 0.05) is 12.1 Å². The SMILES string of the molecule is CC1=NN2C(=O)CC(=O)N=C2C1. The molecule has 2 heterocycles. The Morgan fingerprint density at radius 2 is 2.08 bits per heavy atom. The Labute approximate surface area is 68.8 Å². The van der Waals surface area contributed by atoms with Gasteiger partial charge in [-0.1, -0.05) is 0 Å². The summed E-state index contributed by atoms with van der Waals surface area (Å²) in [6.45, 7) is 1.80. The largest absolute Gasteiger partial charge is 0.272 e. The van der Waals surface area contributed by atoms with E-state index < -0.39 is 0 Å². The molecule has 2 aliphatic rings. The molecule has 5 nitrogen and oxygen atoms in total. The van der Waals surface area contributed by atoms with Crippen LogP contribution in [0.5, 0.6) is 0 Å². The van der Waals surface area contributed by atoms with Gasteiger partial charge in [0.15, 0.2) is 0 Å². The third-order valence-corrected chi connectivity index (χ3v) is 1.72. The lowest BCUT2D eigenvalue weighted by molar-refractivity contribution is -0.133. The van der Waals surface area contributed by atoms with E-state index in [2.05, 4.69) is 10.1 Å². The Morgan fingerprint density at radius 3 is 2.83 bits per heavy atom. The van der Waals surface area contributed by atoms with Crippen LogP contribution in [-0.2, 0) is 9.59 Å². The van der Waals surface area contributed by atoms with Gasteiger partial charge in [0.1, 0.15) is 12.3 Å². The van der Waals surface area contributed by atoms with E-state index >= 15 is 0 Å². The van der Waals surface area contributed by atoms with Crippen LogP contribution in [0.15, 0.2) is 10.1 Å². The summed E-state index contributed by atoms with van der Waals surface area (Å²) < 4.78 is 0. The predicted octanol–water partition coefficient (Wildman–Crippen LogP) is -0.0766. The Bertz CT molecular complexity index is 330. The van der Waals surface area contributed by atoms with Gasteiger partial charge in [0.05, 0.1) is 0 Å². The van der Waals surface area contributed by atoms with Crippen LogP contribution in [0.3, 0.4) is 0 Å². The molecule has 0 atom stereocenters. The molecular weight excluding hydrogens is 158 g/mol. The van der Waals surface area contributed by atoms with Gasteiger partial charge in [0.2, 0.25) is 0 Å². The number of hydrogen-bond donors (Lipinski definition) is 0. The van der Waals surface area contributed by atoms with E-state index in [1.165, 1.54) is 5.01 Å². The van der Waals surface area contributed by atoms with Crippen molar-refractivity contribution < 1.29 is 9.59 Å². The third kappa shape index (κ3) is 0.939. The van der Waals surface area contributed by atoms with E-state index in [4.69, 9.17) is 0 Å². The predicted molar refractivity (Wildman–Crippen MR) is 41.6 cm³/mol. The van der Waals surface area contributed by atoms with E-state index in [9.17, 15) is 9.59 Å². The van der Waals surface area contributed by atoms with Gasteiger partial charge in [-0.3, -0.25) is 9.59 Å². The molecule has 0 N–H and O–H groups in total. The minimum absolute atomic E-state index is 0.153. The van der Waals surface area contributed by atoms with Crippen LogP contribution in [0, 0.1) is 0 Å². The van der Waals surface area contributed by atoms with E-state index in [0.717, 1.165) is 5.71 Å². The highest BCUT2D eigenvalue weighted by Crippen LogP contribution is 2.15. The Kier molecular flexibility index (Phi) is 1.33.